The van der Waals surface area contributed by atoms with Gasteiger partial charge in [-0.2, -0.15) is 0 Å². The van der Waals surface area contributed by atoms with Gasteiger partial charge in [-0.25, -0.2) is 0 Å². The molecule has 18 heavy (non-hydrogen) atoms. The number of nitrogens with one attached hydrogen (secondary N) is 1. The molecule has 0 heterocycles. The van der Waals surface area contributed by atoms with Gasteiger partial charge in [0.25, 0.3) is 0 Å². The van der Waals surface area contributed by atoms with Crippen molar-refractivity contribution in [3.63, 3.8) is 0 Å². The highest BCUT2D eigenvalue weighted by Gasteiger charge is 2.04. The average Bonchev–Trinajstić information content (AvgIpc) is 2.39. The van der Waals surface area contributed by atoms with Crippen molar-refractivity contribution in [1.82, 2.24) is 0 Å². The Hall–Kier alpha value is -1.35. The van der Waals surface area contributed by atoms with Gasteiger partial charge in [0, 0.05) is 30.8 Å². The van der Waals surface area contributed by atoms with Gasteiger partial charge < -0.3 is 10.4 Å². The second kappa shape index (κ2) is 8.70. The normalized spacial score (nSPS) is 10.3. The molecule has 0 amide bonds. The summed E-state index contributed by atoms with van der Waals surface area (Å²) in [5.74, 6) is 0.210. The van der Waals surface area contributed by atoms with Crippen LogP contribution in [0.2, 0.25) is 0 Å². The number of hydrogen-bond donors (Lipinski definition) is 2. The molecule has 0 radical (unpaired) electrons. The molecule has 3 nitrogen and oxygen atoms in total. The van der Waals surface area contributed by atoms with Crippen LogP contribution in [0.25, 0.3) is 0 Å². The van der Waals surface area contributed by atoms with E-state index in [0.29, 0.717) is 6.42 Å². The summed E-state index contributed by atoms with van der Waals surface area (Å²) in [4.78, 5) is 11.8. The van der Waals surface area contributed by atoms with Gasteiger partial charge in [0.2, 0.25) is 0 Å². The quantitative estimate of drug-likeness (QED) is 0.522. The Bertz CT molecular complexity index is 363. The van der Waals surface area contributed by atoms with Gasteiger partial charge >= 0.3 is 0 Å². The monoisotopic (exact) mass is 249 g/mol. The van der Waals surface area contributed by atoms with Crippen LogP contribution in [-0.4, -0.2) is 24.0 Å². The van der Waals surface area contributed by atoms with E-state index in [0.717, 1.165) is 43.5 Å². The summed E-state index contributed by atoms with van der Waals surface area (Å²) in [5.41, 5.74) is 1.79. The summed E-state index contributed by atoms with van der Waals surface area (Å²) in [6, 6.07) is 7.69. The van der Waals surface area contributed by atoms with Crippen LogP contribution in [0, 0.1) is 0 Å². The van der Waals surface area contributed by atoms with Crippen LogP contribution < -0.4 is 5.32 Å². The number of benzene rings is 1. The number of aliphatic hydroxyl groups is 1. The fourth-order valence-electron chi connectivity index (χ4n) is 1.82. The molecule has 0 aliphatic rings. The first-order valence-corrected chi connectivity index (χ1v) is 6.76. The van der Waals surface area contributed by atoms with Gasteiger partial charge in [-0.05, 0) is 37.8 Å². The predicted molar refractivity (Wildman–Crippen MR) is 75.1 cm³/mol. The average molecular weight is 249 g/mol. The van der Waals surface area contributed by atoms with Gasteiger partial charge in [-0.3, -0.25) is 4.79 Å². The van der Waals surface area contributed by atoms with Crippen molar-refractivity contribution in [3.05, 3.63) is 29.8 Å². The summed E-state index contributed by atoms with van der Waals surface area (Å²) in [7, 11) is 0. The summed E-state index contributed by atoms with van der Waals surface area (Å²) >= 11 is 0. The van der Waals surface area contributed by atoms with Crippen LogP contribution in [0.15, 0.2) is 24.3 Å². The molecule has 0 saturated carbocycles. The van der Waals surface area contributed by atoms with Crippen molar-refractivity contribution < 1.29 is 9.90 Å². The third kappa shape index (κ3) is 5.32. The van der Waals surface area contributed by atoms with Crippen molar-refractivity contribution in [3.8, 4) is 0 Å². The van der Waals surface area contributed by atoms with E-state index in [2.05, 4.69) is 5.32 Å². The minimum atomic E-state index is 0.210. The van der Waals surface area contributed by atoms with E-state index in [1.807, 2.05) is 31.2 Å². The van der Waals surface area contributed by atoms with Crippen LogP contribution in [-0.2, 0) is 0 Å². The van der Waals surface area contributed by atoms with E-state index in [1.165, 1.54) is 0 Å². The van der Waals surface area contributed by atoms with Gasteiger partial charge in [0.15, 0.2) is 5.78 Å². The lowest BCUT2D eigenvalue weighted by molar-refractivity contribution is 0.0982. The highest BCUT2D eigenvalue weighted by molar-refractivity contribution is 5.96. The molecular formula is C15H23NO2. The number of anilines is 1. The Morgan fingerprint density at radius 1 is 1.28 bits per heavy atom. The first-order chi connectivity index (χ1) is 8.77. The molecule has 0 spiro atoms. The number of rotatable bonds is 9. The molecule has 0 atom stereocenters. The van der Waals surface area contributed by atoms with Crippen LogP contribution in [0.4, 0.5) is 5.69 Å². The molecule has 1 aromatic rings. The maximum absolute atomic E-state index is 11.8. The molecule has 0 fully saturated rings. The molecule has 0 aliphatic heterocycles. The van der Waals surface area contributed by atoms with E-state index in [-0.39, 0.29) is 12.4 Å². The van der Waals surface area contributed by atoms with Gasteiger partial charge in [0.05, 0.1) is 0 Å². The van der Waals surface area contributed by atoms with Crippen LogP contribution in [0.1, 0.15) is 49.4 Å². The first kappa shape index (κ1) is 14.7. The summed E-state index contributed by atoms with van der Waals surface area (Å²) in [6.07, 6.45) is 4.42. The van der Waals surface area contributed by atoms with E-state index >= 15 is 0 Å². The third-order valence-corrected chi connectivity index (χ3v) is 2.83. The zero-order chi connectivity index (χ0) is 13.2. The molecule has 1 aromatic carbocycles. The van der Waals surface area contributed by atoms with Crippen molar-refractivity contribution in [1.29, 1.82) is 0 Å². The molecule has 100 valence electrons. The molecule has 0 bridgehead atoms. The molecular weight excluding hydrogens is 226 g/mol. The Labute approximate surface area is 109 Å². The van der Waals surface area contributed by atoms with Crippen LogP contribution >= 0.6 is 0 Å². The van der Waals surface area contributed by atoms with Gasteiger partial charge in [0.1, 0.15) is 0 Å². The van der Waals surface area contributed by atoms with E-state index in [1.54, 1.807) is 0 Å². The van der Waals surface area contributed by atoms with E-state index < -0.39 is 0 Å². The molecule has 0 aliphatic carbocycles. The lowest BCUT2D eigenvalue weighted by Crippen LogP contribution is -2.04. The van der Waals surface area contributed by atoms with E-state index in [9.17, 15) is 4.79 Å². The molecule has 0 aromatic heterocycles. The standard InChI is InChI=1S/C15H23NO2/c1-2-7-15(18)13-8-6-9-14(12-13)16-10-4-3-5-11-17/h6,8-9,12,16-17H,2-5,7,10-11H2,1H3. The molecule has 3 heteroatoms. The first-order valence-electron chi connectivity index (χ1n) is 6.76. The van der Waals surface area contributed by atoms with Crippen molar-refractivity contribution >= 4 is 11.5 Å². The van der Waals surface area contributed by atoms with E-state index in [4.69, 9.17) is 5.11 Å². The maximum atomic E-state index is 11.8. The molecule has 1 rings (SSSR count). The van der Waals surface area contributed by atoms with Crippen molar-refractivity contribution in [2.24, 2.45) is 0 Å². The van der Waals surface area contributed by atoms with Gasteiger partial charge in [-0.15, -0.1) is 0 Å². The zero-order valence-electron chi connectivity index (χ0n) is 11.1. The summed E-state index contributed by atoms with van der Waals surface area (Å²) in [6.45, 7) is 3.16. The van der Waals surface area contributed by atoms with Crippen molar-refractivity contribution in [2.75, 3.05) is 18.5 Å². The van der Waals surface area contributed by atoms with Crippen LogP contribution in [0.5, 0.6) is 0 Å². The maximum Gasteiger partial charge on any atom is 0.162 e. The van der Waals surface area contributed by atoms with Crippen LogP contribution in [0.3, 0.4) is 0 Å². The number of unbranched alkanes of at least 4 members (excludes halogenated alkanes) is 2. The number of ketones is 1. The summed E-state index contributed by atoms with van der Waals surface area (Å²) < 4.78 is 0. The Morgan fingerprint density at radius 3 is 2.83 bits per heavy atom. The minimum absolute atomic E-state index is 0.210. The molecule has 2 N–H and O–H groups in total. The lowest BCUT2D eigenvalue weighted by atomic mass is 10.1. The van der Waals surface area contributed by atoms with Crippen molar-refractivity contribution in [2.45, 2.75) is 39.0 Å². The number of aliphatic hydroxyl groups excluding tert-OH is 1. The fraction of sp³-hybridized carbons (Fsp3) is 0.533. The number of carbonyl (C=O) groups excluding carboxylic acids is 1. The minimum Gasteiger partial charge on any atom is -0.396 e. The summed E-state index contributed by atoms with van der Waals surface area (Å²) in [5, 5.41) is 12.0. The largest absolute Gasteiger partial charge is 0.396 e. The number of hydrogen-bond acceptors (Lipinski definition) is 3. The molecule has 0 saturated heterocycles. The SMILES string of the molecule is CCCC(=O)c1cccc(NCCCCCO)c1. The number of carbonyl (C=O) groups is 1. The zero-order valence-corrected chi connectivity index (χ0v) is 11.1. The number of Topliss-reactive ketones (excluding diaryl/α,β-unsaturated/α-hetero) is 1. The Kier molecular flexibility index (Phi) is 7.11. The highest BCUT2D eigenvalue weighted by atomic mass is 16.2. The van der Waals surface area contributed by atoms with Gasteiger partial charge in [-0.1, -0.05) is 19.1 Å². The Balaban J connectivity index is 2.42. The fourth-order valence-corrected chi connectivity index (χ4v) is 1.82. The second-order valence-corrected chi connectivity index (χ2v) is 4.47. The third-order valence-electron chi connectivity index (χ3n) is 2.83. The highest BCUT2D eigenvalue weighted by Crippen LogP contribution is 2.13. The second-order valence-electron chi connectivity index (χ2n) is 4.47. The Morgan fingerprint density at radius 2 is 2.11 bits per heavy atom. The lowest BCUT2D eigenvalue weighted by Gasteiger charge is -2.07. The topological polar surface area (TPSA) is 49.3 Å². The molecule has 0 unspecified atom stereocenters. The smallest absolute Gasteiger partial charge is 0.162 e. The predicted octanol–water partition coefficient (Wildman–Crippen LogP) is 3.24.